The minimum Gasteiger partial charge on any atom is -0.493 e. The van der Waals surface area contributed by atoms with E-state index in [2.05, 4.69) is 16.0 Å². The molecule has 1 aromatic carbocycles. The molecule has 39 heavy (non-hydrogen) atoms. The summed E-state index contributed by atoms with van der Waals surface area (Å²) in [4.78, 5) is 48.7. The molecule has 5 N–H and O–H groups in total. The molecule has 3 amide bonds. The molecule has 0 unspecified atom stereocenters. The number of methoxy groups -OCH3 is 1. The van der Waals surface area contributed by atoms with E-state index in [0.717, 1.165) is 11.1 Å². The van der Waals surface area contributed by atoms with Gasteiger partial charge in [0, 0.05) is 43.8 Å². The number of rotatable bonds is 11. The lowest BCUT2D eigenvalue weighted by Crippen LogP contribution is -2.56. The highest BCUT2D eigenvalue weighted by Crippen LogP contribution is 2.36. The maximum Gasteiger partial charge on any atom is 0.510 e. The Morgan fingerprint density at radius 3 is 2.51 bits per heavy atom. The van der Waals surface area contributed by atoms with Crippen LogP contribution in [0.3, 0.4) is 0 Å². The summed E-state index contributed by atoms with van der Waals surface area (Å²) in [7, 11) is 1.20. The maximum atomic E-state index is 12.6. The summed E-state index contributed by atoms with van der Waals surface area (Å²) < 4.78 is 21.8. The molecule has 0 saturated carbocycles. The van der Waals surface area contributed by atoms with Gasteiger partial charge in [-0.05, 0) is 45.7 Å². The van der Waals surface area contributed by atoms with Crippen molar-refractivity contribution in [2.75, 3.05) is 26.8 Å². The van der Waals surface area contributed by atoms with E-state index in [-0.39, 0.29) is 43.7 Å². The fourth-order valence-electron chi connectivity index (χ4n) is 4.03. The molecule has 218 valence electrons. The molecule has 1 aliphatic rings. The van der Waals surface area contributed by atoms with Crippen molar-refractivity contribution in [2.24, 2.45) is 11.7 Å². The van der Waals surface area contributed by atoms with Crippen LogP contribution >= 0.6 is 0 Å². The minimum atomic E-state index is -1.38. The minimum absolute atomic E-state index is 0.0590. The molecule has 12 heteroatoms. The van der Waals surface area contributed by atoms with Crippen molar-refractivity contribution < 1.29 is 38.1 Å². The van der Waals surface area contributed by atoms with Gasteiger partial charge in [-0.2, -0.15) is 0 Å². The van der Waals surface area contributed by atoms with Crippen LogP contribution in [-0.4, -0.2) is 68.2 Å². The number of nitrogens with two attached hydrogens (primary N) is 1. The van der Waals surface area contributed by atoms with Gasteiger partial charge < -0.3 is 35.3 Å². The lowest BCUT2D eigenvalue weighted by Gasteiger charge is -2.38. The summed E-state index contributed by atoms with van der Waals surface area (Å²) in [5.41, 5.74) is 5.03. The molecule has 0 radical (unpaired) electrons. The molecule has 0 heterocycles. The van der Waals surface area contributed by atoms with E-state index in [9.17, 15) is 19.2 Å². The third-order valence-corrected chi connectivity index (χ3v) is 5.95. The van der Waals surface area contributed by atoms with Crippen LogP contribution in [0.2, 0.25) is 0 Å². The number of alkyl carbamates (subject to hydrolysis) is 1. The molecular weight excluding hydrogens is 508 g/mol. The highest BCUT2D eigenvalue weighted by atomic mass is 16.7. The second-order valence-corrected chi connectivity index (χ2v) is 10.7. The van der Waals surface area contributed by atoms with E-state index in [0.29, 0.717) is 25.1 Å². The van der Waals surface area contributed by atoms with E-state index in [4.69, 9.17) is 24.7 Å². The van der Waals surface area contributed by atoms with E-state index >= 15 is 0 Å². The van der Waals surface area contributed by atoms with Gasteiger partial charge in [0.15, 0.2) is 5.72 Å². The third kappa shape index (κ3) is 10.3. The van der Waals surface area contributed by atoms with Crippen LogP contribution in [0.25, 0.3) is 0 Å². The summed E-state index contributed by atoms with van der Waals surface area (Å²) in [5.74, 6) is -0.0611. The molecule has 1 aromatic rings. The number of carbonyl (C=O) groups excluding carboxylic acids is 4. The summed E-state index contributed by atoms with van der Waals surface area (Å²) in [6.07, 6.45) is -0.504. The van der Waals surface area contributed by atoms with E-state index in [1.54, 1.807) is 33.8 Å². The Morgan fingerprint density at radius 2 is 1.87 bits per heavy atom. The van der Waals surface area contributed by atoms with Crippen molar-refractivity contribution in [1.29, 1.82) is 0 Å². The van der Waals surface area contributed by atoms with Crippen molar-refractivity contribution in [3.05, 3.63) is 29.3 Å². The first kappa shape index (κ1) is 31.7. The number of nitrogens with one attached hydrogen (secondary N) is 3. The molecule has 12 nitrogen and oxygen atoms in total. The largest absolute Gasteiger partial charge is 0.510 e. The molecule has 0 saturated heterocycles. The van der Waals surface area contributed by atoms with Crippen molar-refractivity contribution in [2.45, 2.75) is 77.7 Å². The molecule has 1 aliphatic carbocycles. The smallest absolute Gasteiger partial charge is 0.493 e. The molecule has 2 rings (SSSR count). The maximum absolute atomic E-state index is 12.6. The Kier molecular flexibility index (Phi) is 11.4. The molecule has 0 spiro atoms. The highest BCUT2D eigenvalue weighted by Gasteiger charge is 2.42. The second kappa shape index (κ2) is 14.0. The van der Waals surface area contributed by atoms with Gasteiger partial charge in [0.05, 0.1) is 13.7 Å². The first-order valence-corrected chi connectivity index (χ1v) is 13.1. The van der Waals surface area contributed by atoms with Gasteiger partial charge in [-0.3, -0.25) is 14.9 Å². The normalized spacial score (nSPS) is 18.0. The SMILES string of the molecule is COC(=O)O[C@]1(NC(=O)OC(C)(C)C)CCc2cccc(OC[C@@H](C)CNC(=O)[C@H](C)NC(=O)CCN)c2C1. The van der Waals surface area contributed by atoms with E-state index in [1.165, 1.54) is 7.11 Å². The predicted octanol–water partition coefficient (Wildman–Crippen LogP) is 2.16. The first-order valence-electron chi connectivity index (χ1n) is 13.1. The Morgan fingerprint density at radius 1 is 1.15 bits per heavy atom. The summed E-state index contributed by atoms with van der Waals surface area (Å²) >= 11 is 0. The number of benzene rings is 1. The van der Waals surface area contributed by atoms with Gasteiger partial charge in [0.25, 0.3) is 0 Å². The van der Waals surface area contributed by atoms with Crippen LogP contribution in [-0.2, 0) is 36.6 Å². The zero-order chi connectivity index (χ0) is 29.2. The summed E-state index contributed by atoms with van der Waals surface area (Å²) in [5, 5.41) is 8.14. The molecule has 0 bridgehead atoms. The highest BCUT2D eigenvalue weighted by molar-refractivity contribution is 5.87. The van der Waals surface area contributed by atoms with Crippen molar-refractivity contribution >= 4 is 24.1 Å². The van der Waals surface area contributed by atoms with Gasteiger partial charge >= 0.3 is 12.2 Å². The zero-order valence-corrected chi connectivity index (χ0v) is 23.7. The number of hydrogen-bond donors (Lipinski definition) is 4. The second-order valence-electron chi connectivity index (χ2n) is 10.7. The zero-order valence-electron chi connectivity index (χ0n) is 23.7. The Bertz CT molecular complexity index is 1030. The number of aryl methyl sites for hydroxylation is 1. The fraction of sp³-hybridized carbons (Fsp3) is 0.630. The van der Waals surface area contributed by atoms with Crippen LogP contribution in [0.4, 0.5) is 9.59 Å². The Labute approximate surface area is 229 Å². The monoisotopic (exact) mass is 550 g/mol. The lowest BCUT2D eigenvalue weighted by molar-refractivity contribution is -0.128. The van der Waals surface area contributed by atoms with Crippen LogP contribution < -0.4 is 26.4 Å². The van der Waals surface area contributed by atoms with Gasteiger partial charge in [0.2, 0.25) is 11.8 Å². The quantitative estimate of drug-likeness (QED) is 0.238. The average Bonchev–Trinajstić information content (AvgIpc) is 2.84. The molecule has 0 aliphatic heterocycles. The van der Waals surface area contributed by atoms with Gasteiger partial charge in [-0.15, -0.1) is 0 Å². The first-order chi connectivity index (χ1) is 18.3. The molecular formula is C27H42N4O8. The van der Waals surface area contributed by atoms with Crippen molar-refractivity contribution in [3.63, 3.8) is 0 Å². The summed E-state index contributed by atoms with van der Waals surface area (Å²) in [6.45, 7) is 9.58. The van der Waals surface area contributed by atoms with Crippen molar-refractivity contribution in [3.8, 4) is 5.75 Å². The number of amides is 3. The van der Waals surface area contributed by atoms with E-state index in [1.807, 2.05) is 19.1 Å². The molecule has 0 fully saturated rings. The number of fused-ring (bicyclic) bond motifs is 1. The summed E-state index contributed by atoms with van der Waals surface area (Å²) in [6, 6.07) is 4.96. The van der Waals surface area contributed by atoms with Gasteiger partial charge in [-0.1, -0.05) is 19.1 Å². The van der Waals surface area contributed by atoms with Gasteiger partial charge in [0.1, 0.15) is 17.4 Å². The lowest BCUT2D eigenvalue weighted by atomic mass is 9.85. The molecule has 0 aromatic heterocycles. The fourth-order valence-corrected chi connectivity index (χ4v) is 4.03. The van der Waals surface area contributed by atoms with Crippen LogP contribution in [0, 0.1) is 5.92 Å². The Balaban J connectivity index is 2.07. The number of hydrogen-bond acceptors (Lipinski definition) is 9. The van der Waals surface area contributed by atoms with Crippen molar-refractivity contribution in [1.82, 2.24) is 16.0 Å². The van der Waals surface area contributed by atoms with Crippen LogP contribution in [0.15, 0.2) is 18.2 Å². The van der Waals surface area contributed by atoms with Crippen LogP contribution in [0.5, 0.6) is 5.75 Å². The third-order valence-electron chi connectivity index (χ3n) is 5.95. The number of carbonyl (C=O) groups is 4. The van der Waals surface area contributed by atoms with Gasteiger partial charge in [-0.25, -0.2) is 9.59 Å². The number of ether oxygens (including phenoxy) is 4. The topological polar surface area (TPSA) is 167 Å². The standard InChI is InChI=1S/C27H42N4O8/c1-17(15-29-23(33)18(2)30-22(32)11-13-28)16-37-21-9-7-8-19-10-12-27(14-20(19)21,39-25(35)36-6)31-24(34)38-26(3,4)5/h7-9,17-18H,10-16,28H2,1-6H3,(H,29,33)(H,30,32)(H,31,34)/t17-,18-,27+/m0/s1. The van der Waals surface area contributed by atoms with E-state index < -0.39 is 29.6 Å². The molecule has 3 atom stereocenters. The Hall–Kier alpha value is -3.54. The van der Waals surface area contributed by atoms with Crippen LogP contribution in [0.1, 0.15) is 58.6 Å². The predicted molar refractivity (Wildman–Crippen MR) is 143 cm³/mol. The average molecular weight is 551 g/mol.